The van der Waals surface area contributed by atoms with Gasteiger partial charge in [0.25, 0.3) is 0 Å². The third-order valence-corrected chi connectivity index (χ3v) is 3.76. The Hall–Kier alpha value is -2.04. The van der Waals surface area contributed by atoms with Crippen LogP contribution in [-0.2, 0) is 4.79 Å². The van der Waals surface area contributed by atoms with E-state index < -0.39 is 12.0 Å². The predicted octanol–water partition coefficient (Wildman–Crippen LogP) is 1.88. The summed E-state index contributed by atoms with van der Waals surface area (Å²) >= 11 is 0. The van der Waals surface area contributed by atoms with E-state index in [2.05, 4.69) is 0 Å². The molecule has 0 aliphatic carbocycles. The van der Waals surface area contributed by atoms with E-state index in [9.17, 15) is 9.59 Å². The Morgan fingerprint density at radius 3 is 2.63 bits per heavy atom. The fourth-order valence-electron chi connectivity index (χ4n) is 2.45. The number of rotatable bonds is 3. The number of hydrogen-bond acceptors (Lipinski definition) is 2. The quantitative estimate of drug-likeness (QED) is 0.904. The first-order valence-corrected chi connectivity index (χ1v) is 6.25. The second-order valence-corrected chi connectivity index (χ2v) is 4.93. The first kappa shape index (κ1) is 13.4. The predicted molar refractivity (Wildman–Crippen MR) is 70.9 cm³/mol. The summed E-state index contributed by atoms with van der Waals surface area (Å²) in [5.74, 6) is -0.979. The molecule has 1 aliphatic rings. The molecule has 5 nitrogen and oxygen atoms in total. The minimum Gasteiger partial charge on any atom is -0.480 e. The molecule has 1 heterocycles. The van der Waals surface area contributed by atoms with Crippen molar-refractivity contribution in [2.45, 2.75) is 25.9 Å². The van der Waals surface area contributed by atoms with Gasteiger partial charge in [-0.2, -0.15) is 0 Å². The number of benzene rings is 1. The van der Waals surface area contributed by atoms with Crippen LogP contribution in [0.3, 0.4) is 0 Å². The number of carbonyl (C=O) groups excluding carboxylic acids is 1. The lowest BCUT2D eigenvalue weighted by Crippen LogP contribution is -2.41. The van der Waals surface area contributed by atoms with Gasteiger partial charge >= 0.3 is 12.0 Å². The molecule has 1 fully saturated rings. The number of likely N-dealkylation sites (N-methyl/N-ethyl adjacent to an activating group) is 1. The lowest BCUT2D eigenvalue weighted by molar-refractivity contribution is -0.141. The Balaban J connectivity index is 2.29. The van der Waals surface area contributed by atoms with Crippen LogP contribution >= 0.6 is 0 Å². The summed E-state index contributed by atoms with van der Waals surface area (Å²) in [6.07, 6.45) is 0. The molecule has 0 aromatic heterocycles. The van der Waals surface area contributed by atoms with Gasteiger partial charge in [0, 0.05) is 13.6 Å². The van der Waals surface area contributed by atoms with Crippen LogP contribution < -0.4 is 0 Å². The van der Waals surface area contributed by atoms with Crippen molar-refractivity contribution in [2.75, 3.05) is 13.6 Å². The van der Waals surface area contributed by atoms with Gasteiger partial charge in [-0.1, -0.05) is 24.3 Å². The lowest BCUT2D eigenvalue weighted by atomic mass is 10.0. The van der Waals surface area contributed by atoms with Crippen molar-refractivity contribution in [1.82, 2.24) is 9.80 Å². The number of nitrogens with zero attached hydrogens (tertiary/aromatic N) is 2. The van der Waals surface area contributed by atoms with Crippen LogP contribution in [0.15, 0.2) is 24.3 Å². The van der Waals surface area contributed by atoms with Crippen molar-refractivity contribution < 1.29 is 14.7 Å². The molecule has 2 atom stereocenters. The molecule has 2 rings (SSSR count). The number of carbonyl (C=O) groups is 2. The fraction of sp³-hybridized carbons (Fsp3) is 0.429. The van der Waals surface area contributed by atoms with E-state index in [0.29, 0.717) is 6.54 Å². The average molecular weight is 262 g/mol. The zero-order chi connectivity index (χ0) is 14.2. The van der Waals surface area contributed by atoms with Crippen molar-refractivity contribution in [2.24, 2.45) is 0 Å². The molecule has 1 N–H and O–H groups in total. The van der Waals surface area contributed by atoms with Gasteiger partial charge < -0.3 is 14.9 Å². The molecule has 0 saturated carbocycles. The first-order chi connectivity index (χ1) is 8.93. The van der Waals surface area contributed by atoms with Crippen molar-refractivity contribution in [1.29, 1.82) is 0 Å². The van der Waals surface area contributed by atoms with E-state index in [1.165, 1.54) is 11.8 Å². The summed E-state index contributed by atoms with van der Waals surface area (Å²) < 4.78 is 0. The summed E-state index contributed by atoms with van der Waals surface area (Å²) in [5.41, 5.74) is 2.18. The maximum atomic E-state index is 12.1. The maximum absolute atomic E-state index is 12.1. The molecular weight excluding hydrogens is 244 g/mol. The van der Waals surface area contributed by atoms with E-state index in [4.69, 9.17) is 5.11 Å². The summed E-state index contributed by atoms with van der Waals surface area (Å²) in [6.45, 7) is 3.94. The third-order valence-electron chi connectivity index (χ3n) is 3.76. The van der Waals surface area contributed by atoms with Gasteiger partial charge in [0.1, 0.15) is 6.04 Å². The number of hydrogen-bond donors (Lipinski definition) is 1. The molecule has 0 spiro atoms. The van der Waals surface area contributed by atoms with E-state index in [0.717, 1.165) is 11.1 Å². The molecule has 2 amide bonds. The van der Waals surface area contributed by atoms with Crippen LogP contribution in [-0.4, -0.2) is 46.5 Å². The summed E-state index contributed by atoms with van der Waals surface area (Å²) in [4.78, 5) is 26.2. The average Bonchev–Trinajstić information content (AvgIpc) is 2.66. The standard InChI is InChI=1S/C14H18N2O3/c1-9-6-4-5-7-11(9)12-8-16(10(2)13(17)18)14(19)15(12)3/h4-7,10,12H,8H2,1-3H3,(H,17,18). The second kappa shape index (κ2) is 4.91. The fourth-order valence-corrected chi connectivity index (χ4v) is 2.45. The van der Waals surface area contributed by atoms with Gasteiger partial charge in [-0.25, -0.2) is 9.59 Å². The van der Waals surface area contributed by atoms with Crippen LogP contribution in [0.1, 0.15) is 24.1 Å². The lowest BCUT2D eigenvalue weighted by Gasteiger charge is -2.19. The molecule has 0 bridgehead atoms. The summed E-state index contributed by atoms with van der Waals surface area (Å²) in [6, 6.07) is 6.75. The Bertz CT molecular complexity index is 515. The zero-order valence-electron chi connectivity index (χ0n) is 11.3. The number of urea groups is 1. The van der Waals surface area contributed by atoms with Crippen molar-refractivity contribution in [3.63, 3.8) is 0 Å². The maximum Gasteiger partial charge on any atom is 0.326 e. The highest BCUT2D eigenvalue weighted by molar-refractivity contribution is 5.84. The van der Waals surface area contributed by atoms with Crippen molar-refractivity contribution >= 4 is 12.0 Å². The van der Waals surface area contributed by atoms with Crippen LogP contribution in [0.5, 0.6) is 0 Å². The molecule has 102 valence electrons. The van der Waals surface area contributed by atoms with E-state index in [1.54, 1.807) is 11.9 Å². The highest BCUT2D eigenvalue weighted by atomic mass is 16.4. The van der Waals surface area contributed by atoms with Crippen molar-refractivity contribution in [3.05, 3.63) is 35.4 Å². The van der Waals surface area contributed by atoms with Crippen LogP contribution in [0.2, 0.25) is 0 Å². The summed E-state index contributed by atoms with van der Waals surface area (Å²) in [7, 11) is 1.72. The van der Waals surface area contributed by atoms with Gasteiger partial charge in [-0.3, -0.25) is 0 Å². The van der Waals surface area contributed by atoms with Gasteiger partial charge in [0.05, 0.1) is 6.04 Å². The molecule has 5 heteroatoms. The smallest absolute Gasteiger partial charge is 0.326 e. The number of aliphatic carboxylic acids is 1. The molecule has 1 aliphatic heterocycles. The SMILES string of the molecule is Cc1ccccc1C1CN(C(C)C(=O)O)C(=O)N1C. The van der Waals surface area contributed by atoms with E-state index in [1.807, 2.05) is 31.2 Å². The Kier molecular flexibility index (Phi) is 3.46. The molecule has 2 unspecified atom stereocenters. The Morgan fingerprint density at radius 1 is 1.42 bits per heavy atom. The summed E-state index contributed by atoms with van der Waals surface area (Å²) in [5, 5.41) is 9.05. The third kappa shape index (κ3) is 2.28. The minimum atomic E-state index is -0.979. The molecule has 1 aromatic rings. The van der Waals surface area contributed by atoms with Crippen molar-refractivity contribution in [3.8, 4) is 0 Å². The minimum absolute atomic E-state index is 0.0875. The van der Waals surface area contributed by atoms with Crippen LogP contribution in [0.25, 0.3) is 0 Å². The number of aryl methyl sites for hydroxylation is 1. The Labute approximate surface area is 112 Å². The molecule has 19 heavy (non-hydrogen) atoms. The second-order valence-electron chi connectivity index (χ2n) is 4.93. The topological polar surface area (TPSA) is 60.9 Å². The number of carboxylic acid groups (broad SMARTS) is 1. The molecule has 0 radical (unpaired) electrons. The monoisotopic (exact) mass is 262 g/mol. The van der Waals surface area contributed by atoms with E-state index >= 15 is 0 Å². The Morgan fingerprint density at radius 2 is 2.05 bits per heavy atom. The van der Waals surface area contributed by atoms with Gasteiger partial charge in [-0.15, -0.1) is 0 Å². The first-order valence-electron chi connectivity index (χ1n) is 6.25. The van der Waals surface area contributed by atoms with E-state index in [-0.39, 0.29) is 12.1 Å². The van der Waals surface area contributed by atoms with Gasteiger partial charge in [0.15, 0.2) is 0 Å². The van der Waals surface area contributed by atoms with Gasteiger partial charge in [-0.05, 0) is 25.0 Å². The zero-order valence-corrected chi connectivity index (χ0v) is 11.3. The normalized spacial score (nSPS) is 20.8. The number of carboxylic acids is 1. The molecule has 1 aromatic carbocycles. The largest absolute Gasteiger partial charge is 0.480 e. The van der Waals surface area contributed by atoms with Gasteiger partial charge in [0.2, 0.25) is 0 Å². The molecular formula is C14H18N2O3. The highest BCUT2D eigenvalue weighted by Crippen LogP contribution is 2.31. The van der Waals surface area contributed by atoms with Crippen LogP contribution in [0, 0.1) is 6.92 Å². The molecule has 1 saturated heterocycles. The highest BCUT2D eigenvalue weighted by Gasteiger charge is 2.40. The number of amides is 2. The van der Waals surface area contributed by atoms with Crippen LogP contribution in [0.4, 0.5) is 4.79 Å².